The minimum atomic E-state index is 0.837. The van der Waals surface area contributed by atoms with E-state index in [1.807, 2.05) is 12.1 Å². The summed E-state index contributed by atoms with van der Waals surface area (Å²) in [5.74, 6) is 0.837. The molecule has 0 atom stereocenters. The summed E-state index contributed by atoms with van der Waals surface area (Å²) in [6.07, 6.45) is 0. The Bertz CT molecular complexity index is 451. The van der Waals surface area contributed by atoms with Gasteiger partial charge in [0.15, 0.2) is 0 Å². The van der Waals surface area contributed by atoms with Crippen LogP contribution in [0.2, 0.25) is 0 Å². The molecule has 0 spiro atoms. The van der Waals surface area contributed by atoms with Crippen LogP contribution in [0.15, 0.2) is 36.4 Å². The van der Waals surface area contributed by atoms with E-state index < -0.39 is 0 Å². The van der Waals surface area contributed by atoms with Gasteiger partial charge in [-0.1, -0.05) is 29.8 Å². The number of hydrogen-bond donors (Lipinski definition) is 1. The SMILES string of the molecule is CNOc1ccc2cc(C)ccc2c1. The first-order valence-corrected chi connectivity index (χ1v) is 4.63. The maximum Gasteiger partial charge on any atom is 0.147 e. The molecule has 2 rings (SSSR count). The van der Waals surface area contributed by atoms with Gasteiger partial charge in [0, 0.05) is 7.05 Å². The summed E-state index contributed by atoms with van der Waals surface area (Å²) in [5.41, 5.74) is 3.94. The van der Waals surface area contributed by atoms with Crippen molar-refractivity contribution >= 4 is 10.8 Å². The lowest BCUT2D eigenvalue weighted by Gasteiger charge is -2.04. The van der Waals surface area contributed by atoms with Gasteiger partial charge in [-0.2, -0.15) is 5.48 Å². The summed E-state index contributed by atoms with van der Waals surface area (Å²) in [4.78, 5) is 5.19. The Kier molecular flexibility index (Phi) is 2.37. The fraction of sp³-hybridized carbons (Fsp3) is 0.167. The van der Waals surface area contributed by atoms with Gasteiger partial charge in [0.25, 0.3) is 0 Å². The fourth-order valence-electron chi connectivity index (χ4n) is 1.52. The molecule has 0 aromatic heterocycles. The van der Waals surface area contributed by atoms with E-state index in [9.17, 15) is 0 Å². The molecule has 0 fully saturated rings. The number of rotatable bonds is 2. The van der Waals surface area contributed by atoms with E-state index in [1.165, 1.54) is 16.3 Å². The van der Waals surface area contributed by atoms with Crippen molar-refractivity contribution in [2.24, 2.45) is 0 Å². The van der Waals surface area contributed by atoms with Crippen LogP contribution in [0.3, 0.4) is 0 Å². The maximum absolute atomic E-state index is 5.19. The van der Waals surface area contributed by atoms with Crippen LogP contribution in [0.4, 0.5) is 0 Å². The molecule has 2 nitrogen and oxygen atoms in total. The zero-order valence-electron chi connectivity index (χ0n) is 8.37. The van der Waals surface area contributed by atoms with Crippen LogP contribution in [-0.2, 0) is 0 Å². The van der Waals surface area contributed by atoms with Gasteiger partial charge in [-0.25, -0.2) is 0 Å². The lowest BCUT2D eigenvalue weighted by Crippen LogP contribution is -2.10. The van der Waals surface area contributed by atoms with E-state index in [0.717, 1.165) is 5.75 Å². The third-order valence-corrected chi connectivity index (χ3v) is 2.19. The summed E-state index contributed by atoms with van der Waals surface area (Å²) in [6.45, 7) is 2.09. The smallest absolute Gasteiger partial charge is 0.147 e. The molecule has 2 heteroatoms. The minimum Gasteiger partial charge on any atom is -0.409 e. The average molecular weight is 187 g/mol. The van der Waals surface area contributed by atoms with Crippen LogP contribution in [-0.4, -0.2) is 7.05 Å². The Morgan fingerprint density at radius 2 is 1.71 bits per heavy atom. The molecular formula is C12H13NO. The third kappa shape index (κ3) is 1.70. The molecule has 0 saturated carbocycles. The van der Waals surface area contributed by atoms with Crippen LogP contribution in [0.25, 0.3) is 10.8 Å². The van der Waals surface area contributed by atoms with Crippen molar-refractivity contribution in [2.45, 2.75) is 6.92 Å². The summed E-state index contributed by atoms with van der Waals surface area (Å²) >= 11 is 0. The van der Waals surface area contributed by atoms with Crippen molar-refractivity contribution in [3.8, 4) is 5.75 Å². The van der Waals surface area contributed by atoms with Crippen molar-refractivity contribution in [3.63, 3.8) is 0 Å². The van der Waals surface area contributed by atoms with E-state index in [0.29, 0.717) is 0 Å². The highest BCUT2D eigenvalue weighted by Crippen LogP contribution is 2.21. The second-order valence-electron chi connectivity index (χ2n) is 3.32. The topological polar surface area (TPSA) is 21.3 Å². The summed E-state index contributed by atoms with van der Waals surface area (Å²) in [7, 11) is 1.75. The van der Waals surface area contributed by atoms with Gasteiger partial charge in [-0.15, -0.1) is 0 Å². The first kappa shape index (κ1) is 9.03. The van der Waals surface area contributed by atoms with Crippen LogP contribution < -0.4 is 10.3 Å². The monoisotopic (exact) mass is 187 g/mol. The van der Waals surface area contributed by atoms with Crippen molar-refractivity contribution in [1.29, 1.82) is 0 Å². The predicted molar refractivity (Wildman–Crippen MR) is 58.4 cm³/mol. The predicted octanol–water partition coefficient (Wildman–Crippen LogP) is 2.66. The van der Waals surface area contributed by atoms with Crippen molar-refractivity contribution in [2.75, 3.05) is 7.05 Å². The highest BCUT2D eigenvalue weighted by atomic mass is 16.6. The molecule has 0 unspecified atom stereocenters. The Morgan fingerprint density at radius 3 is 2.50 bits per heavy atom. The van der Waals surface area contributed by atoms with E-state index in [-0.39, 0.29) is 0 Å². The number of fused-ring (bicyclic) bond motifs is 1. The molecule has 0 bridgehead atoms. The third-order valence-electron chi connectivity index (χ3n) is 2.19. The number of hydrogen-bond acceptors (Lipinski definition) is 2. The van der Waals surface area contributed by atoms with E-state index in [1.54, 1.807) is 7.05 Å². The summed E-state index contributed by atoms with van der Waals surface area (Å²) < 4.78 is 0. The molecular weight excluding hydrogens is 174 g/mol. The molecule has 2 aromatic carbocycles. The van der Waals surface area contributed by atoms with E-state index in [4.69, 9.17) is 4.84 Å². The van der Waals surface area contributed by atoms with Gasteiger partial charge in [-0.3, -0.25) is 0 Å². The molecule has 0 amide bonds. The van der Waals surface area contributed by atoms with Gasteiger partial charge >= 0.3 is 0 Å². The summed E-state index contributed by atoms with van der Waals surface area (Å²) in [6, 6.07) is 12.4. The molecule has 0 aliphatic carbocycles. The molecule has 0 radical (unpaired) electrons. The van der Waals surface area contributed by atoms with Crippen molar-refractivity contribution in [1.82, 2.24) is 5.48 Å². The zero-order valence-corrected chi connectivity index (χ0v) is 8.37. The molecule has 2 aromatic rings. The lowest BCUT2D eigenvalue weighted by molar-refractivity contribution is 0.224. The van der Waals surface area contributed by atoms with Crippen molar-refractivity contribution < 1.29 is 4.84 Å². The van der Waals surface area contributed by atoms with Crippen molar-refractivity contribution in [3.05, 3.63) is 42.0 Å². The van der Waals surface area contributed by atoms with E-state index in [2.05, 4.69) is 36.7 Å². The van der Waals surface area contributed by atoms with Crippen LogP contribution in [0, 0.1) is 6.92 Å². The number of benzene rings is 2. The van der Waals surface area contributed by atoms with Gasteiger partial charge in [-0.05, 0) is 29.8 Å². The fourth-order valence-corrected chi connectivity index (χ4v) is 1.52. The number of nitrogens with one attached hydrogen (secondary N) is 1. The number of aryl methyl sites for hydroxylation is 1. The van der Waals surface area contributed by atoms with Gasteiger partial charge < -0.3 is 4.84 Å². The highest BCUT2D eigenvalue weighted by Gasteiger charge is 1.96. The Hall–Kier alpha value is -1.54. The molecule has 1 N–H and O–H groups in total. The second-order valence-corrected chi connectivity index (χ2v) is 3.32. The normalized spacial score (nSPS) is 10.4. The second kappa shape index (κ2) is 3.68. The first-order chi connectivity index (χ1) is 6.79. The van der Waals surface area contributed by atoms with Crippen LogP contribution in [0.5, 0.6) is 5.75 Å². The zero-order chi connectivity index (χ0) is 9.97. The standard InChI is InChI=1S/C12H13NO/c1-9-3-4-11-8-12(14-13-2)6-5-10(11)7-9/h3-8,13H,1-2H3. The van der Waals surface area contributed by atoms with Gasteiger partial charge in [0.2, 0.25) is 0 Å². The van der Waals surface area contributed by atoms with E-state index >= 15 is 0 Å². The Morgan fingerprint density at radius 1 is 1.00 bits per heavy atom. The van der Waals surface area contributed by atoms with Crippen LogP contribution >= 0.6 is 0 Å². The molecule has 14 heavy (non-hydrogen) atoms. The highest BCUT2D eigenvalue weighted by molar-refractivity contribution is 5.84. The maximum atomic E-state index is 5.19. The largest absolute Gasteiger partial charge is 0.409 e. The number of hydroxylamine groups is 1. The molecule has 72 valence electrons. The quantitative estimate of drug-likeness (QED) is 0.730. The summed E-state index contributed by atoms with van der Waals surface area (Å²) in [5, 5.41) is 2.44. The van der Waals surface area contributed by atoms with Gasteiger partial charge in [0.1, 0.15) is 5.75 Å². The van der Waals surface area contributed by atoms with Gasteiger partial charge in [0.05, 0.1) is 0 Å². The first-order valence-electron chi connectivity index (χ1n) is 4.63. The average Bonchev–Trinajstić information content (AvgIpc) is 2.19. The van der Waals surface area contributed by atoms with Crippen LogP contribution in [0.1, 0.15) is 5.56 Å². The lowest BCUT2D eigenvalue weighted by atomic mass is 10.1. The Balaban J connectivity index is 2.50. The molecule has 0 aliphatic rings. The minimum absolute atomic E-state index is 0.837. The molecule has 0 heterocycles. The molecule has 0 aliphatic heterocycles. The Labute approximate surface area is 83.5 Å². The molecule has 0 saturated heterocycles.